The number of carbonyl (C=O) groups excluding carboxylic acids is 1. The Kier molecular flexibility index (Phi) is 6.84. The fraction of sp³-hybridized carbons (Fsp3) is 0.375. The maximum atomic E-state index is 10.7. The Hall–Kier alpha value is -1.67. The number of nitrogens with zero attached hydrogens (tertiary/aromatic N) is 2. The van der Waals surface area contributed by atoms with E-state index in [0.717, 1.165) is 0 Å². The highest BCUT2D eigenvalue weighted by Gasteiger charge is 2.20. The Morgan fingerprint density at radius 3 is 2.35 bits per heavy atom. The molecule has 9 heteroatoms. The van der Waals surface area contributed by atoms with Crippen molar-refractivity contribution in [1.29, 1.82) is 0 Å². The Bertz CT molecular complexity index is 328. The quantitative estimate of drug-likeness (QED) is 0.352. The van der Waals surface area contributed by atoms with E-state index < -0.39 is 7.25 Å². The SMILES string of the molecule is COC(=O)CC[n+]1ccccn1.F[B-](F)(F)F. The molecule has 0 saturated heterocycles. The van der Waals surface area contributed by atoms with Crippen LogP contribution in [0.25, 0.3) is 0 Å². The Morgan fingerprint density at radius 2 is 1.94 bits per heavy atom. The molecule has 0 radical (unpaired) electrons. The van der Waals surface area contributed by atoms with Gasteiger partial charge in [0.25, 0.3) is 0 Å². The number of hydrogen-bond donors (Lipinski definition) is 0. The van der Waals surface area contributed by atoms with E-state index in [1.165, 1.54) is 7.11 Å². The van der Waals surface area contributed by atoms with Crippen molar-refractivity contribution < 1.29 is 31.5 Å². The number of rotatable bonds is 3. The molecule has 0 unspecified atom stereocenters. The third kappa shape index (κ3) is 12.3. The highest BCUT2D eigenvalue weighted by atomic mass is 19.5. The van der Waals surface area contributed by atoms with Gasteiger partial charge in [0.2, 0.25) is 0 Å². The molecule has 0 bridgehead atoms. The van der Waals surface area contributed by atoms with Crippen LogP contribution >= 0.6 is 0 Å². The largest absolute Gasteiger partial charge is 0.673 e. The zero-order chi connectivity index (χ0) is 13.3. The molecule has 1 rings (SSSR count). The van der Waals surface area contributed by atoms with E-state index in [9.17, 15) is 22.1 Å². The average molecular weight is 254 g/mol. The smallest absolute Gasteiger partial charge is 0.469 e. The molecule has 0 amide bonds. The van der Waals surface area contributed by atoms with Crippen LogP contribution in [0.2, 0.25) is 0 Å². The summed E-state index contributed by atoms with van der Waals surface area (Å²) in [5.74, 6) is -0.215. The molecule has 0 aliphatic heterocycles. The van der Waals surface area contributed by atoms with Crippen molar-refractivity contribution >= 4 is 13.2 Å². The third-order valence-corrected chi connectivity index (χ3v) is 1.44. The van der Waals surface area contributed by atoms with E-state index in [2.05, 4.69) is 9.84 Å². The van der Waals surface area contributed by atoms with Gasteiger partial charge in [-0.2, -0.15) is 0 Å². The molecule has 0 aliphatic rings. The zero-order valence-corrected chi connectivity index (χ0v) is 9.02. The van der Waals surface area contributed by atoms with Gasteiger partial charge >= 0.3 is 13.2 Å². The van der Waals surface area contributed by atoms with Crippen molar-refractivity contribution in [2.24, 2.45) is 0 Å². The van der Waals surface area contributed by atoms with Crippen molar-refractivity contribution in [2.75, 3.05) is 7.11 Å². The summed E-state index contributed by atoms with van der Waals surface area (Å²) in [6.07, 6.45) is 3.85. The molecule has 0 N–H and O–H groups in total. The minimum atomic E-state index is -6.00. The van der Waals surface area contributed by atoms with E-state index in [1.54, 1.807) is 10.9 Å². The lowest BCUT2D eigenvalue weighted by molar-refractivity contribution is -0.753. The molecule has 0 atom stereocenters. The van der Waals surface area contributed by atoms with Crippen molar-refractivity contribution in [1.82, 2.24) is 5.10 Å². The van der Waals surface area contributed by atoms with E-state index in [1.807, 2.05) is 18.3 Å². The van der Waals surface area contributed by atoms with Crippen LogP contribution in [0.3, 0.4) is 0 Å². The van der Waals surface area contributed by atoms with Gasteiger partial charge in [-0.3, -0.25) is 4.79 Å². The highest BCUT2D eigenvalue weighted by molar-refractivity contribution is 6.50. The number of aromatic nitrogens is 2. The summed E-state index contributed by atoms with van der Waals surface area (Å²) in [5, 5.41) is 3.99. The molecule has 0 saturated carbocycles. The molecule has 0 aliphatic carbocycles. The van der Waals surface area contributed by atoms with Crippen LogP contribution in [0.1, 0.15) is 6.42 Å². The molecule has 4 nitrogen and oxygen atoms in total. The summed E-state index contributed by atoms with van der Waals surface area (Å²) in [6.45, 7) is 0.563. The normalized spacial score (nSPS) is 10.2. The number of ether oxygens (including phenoxy) is 1. The molecule has 17 heavy (non-hydrogen) atoms. The summed E-state index contributed by atoms with van der Waals surface area (Å²) in [7, 11) is -4.62. The summed E-state index contributed by atoms with van der Waals surface area (Å²) in [5.41, 5.74) is 0. The summed E-state index contributed by atoms with van der Waals surface area (Å²) < 4.78 is 45.2. The predicted octanol–water partition coefficient (Wildman–Crippen LogP) is 1.23. The number of aryl methyl sites for hydroxylation is 1. The fourth-order valence-electron chi connectivity index (χ4n) is 0.802. The van der Waals surface area contributed by atoms with Crippen LogP contribution in [-0.4, -0.2) is 25.4 Å². The minimum Gasteiger partial charge on any atom is -0.469 e. The summed E-state index contributed by atoms with van der Waals surface area (Å²) >= 11 is 0. The van der Waals surface area contributed by atoms with Gasteiger partial charge in [-0.25, -0.2) is 0 Å². The Balaban J connectivity index is 0.000000437. The molecule has 1 aromatic rings. The monoisotopic (exact) mass is 254 g/mol. The second-order valence-electron chi connectivity index (χ2n) is 2.78. The van der Waals surface area contributed by atoms with Gasteiger partial charge in [0.15, 0.2) is 12.7 Å². The van der Waals surface area contributed by atoms with Crippen molar-refractivity contribution in [3.63, 3.8) is 0 Å². The van der Waals surface area contributed by atoms with Crippen LogP contribution in [-0.2, 0) is 16.1 Å². The number of carbonyl (C=O) groups is 1. The second kappa shape index (κ2) is 7.58. The number of hydrogen-bond acceptors (Lipinski definition) is 3. The Morgan fingerprint density at radius 1 is 1.35 bits per heavy atom. The van der Waals surface area contributed by atoms with Gasteiger partial charge in [-0.1, -0.05) is 4.68 Å². The molecular formula is C8H11BF4N2O2. The van der Waals surface area contributed by atoms with Crippen LogP contribution in [0.5, 0.6) is 0 Å². The zero-order valence-electron chi connectivity index (χ0n) is 9.02. The minimum absolute atomic E-state index is 0.215. The number of methoxy groups -OCH3 is 1. The average Bonchev–Trinajstić information content (AvgIpc) is 2.25. The second-order valence-corrected chi connectivity index (χ2v) is 2.78. The number of esters is 1. The van der Waals surface area contributed by atoms with Crippen LogP contribution < -0.4 is 4.68 Å². The van der Waals surface area contributed by atoms with E-state index in [4.69, 9.17) is 0 Å². The first kappa shape index (κ1) is 15.3. The first-order valence-electron chi connectivity index (χ1n) is 4.58. The van der Waals surface area contributed by atoms with Gasteiger partial charge in [-0.15, -0.1) is 0 Å². The first-order chi connectivity index (χ1) is 7.83. The van der Waals surface area contributed by atoms with E-state index in [0.29, 0.717) is 13.0 Å². The maximum Gasteiger partial charge on any atom is 0.673 e. The van der Waals surface area contributed by atoms with Crippen LogP contribution in [0.15, 0.2) is 24.5 Å². The van der Waals surface area contributed by atoms with Crippen molar-refractivity contribution in [2.45, 2.75) is 13.0 Å². The van der Waals surface area contributed by atoms with Crippen LogP contribution in [0, 0.1) is 0 Å². The predicted molar refractivity (Wildman–Crippen MR) is 51.3 cm³/mol. The maximum absolute atomic E-state index is 10.7. The summed E-state index contributed by atoms with van der Waals surface area (Å²) in [6, 6.07) is 3.69. The molecular weight excluding hydrogens is 243 g/mol. The van der Waals surface area contributed by atoms with Crippen LogP contribution in [0.4, 0.5) is 17.3 Å². The van der Waals surface area contributed by atoms with Crippen molar-refractivity contribution in [3.05, 3.63) is 24.5 Å². The lowest BCUT2D eigenvalue weighted by Crippen LogP contribution is -2.38. The Labute approximate surface area is 95.3 Å². The van der Waals surface area contributed by atoms with Gasteiger partial charge in [0.1, 0.15) is 6.42 Å². The van der Waals surface area contributed by atoms with Gasteiger partial charge in [-0.05, 0) is 11.2 Å². The van der Waals surface area contributed by atoms with E-state index in [-0.39, 0.29) is 5.97 Å². The lowest BCUT2D eigenvalue weighted by atomic mass is 10.3. The molecule has 0 spiro atoms. The topological polar surface area (TPSA) is 43.1 Å². The van der Waals surface area contributed by atoms with Gasteiger partial charge in [0, 0.05) is 6.07 Å². The third-order valence-electron chi connectivity index (χ3n) is 1.44. The molecule has 96 valence electrons. The number of halogens is 4. The summed E-state index contributed by atoms with van der Waals surface area (Å²) in [4.78, 5) is 10.7. The molecule has 1 aromatic heterocycles. The molecule has 0 fully saturated rings. The molecule has 0 aromatic carbocycles. The standard InChI is InChI=1S/C8H11N2O2.BF4/c1-12-8(11)4-7-10-6-3-2-5-9-10;2-1(3,4)5/h2-3,5-6H,4,7H2,1H3;/q+1;-1. The van der Waals surface area contributed by atoms with Crippen molar-refractivity contribution in [3.8, 4) is 0 Å². The van der Waals surface area contributed by atoms with E-state index >= 15 is 0 Å². The van der Waals surface area contributed by atoms with Gasteiger partial charge in [0.05, 0.1) is 13.3 Å². The fourth-order valence-corrected chi connectivity index (χ4v) is 0.802. The lowest BCUT2D eigenvalue weighted by Gasteiger charge is -1.94. The van der Waals surface area contributed by atoms with Gasteiger partial charge < -0.3 is 22.0 Å². The molecule has 1 heterocycles. The first-order valence-corrected chi connectivity index (χ1v) is 4.58. The highest BCUT2D eigenvalue weighted by Crippen LogP contribution is 2.06.